The van der Waals surface area contributed by atoms with Crippen molar-refractivity contribution in [3.8, 4) is 11.4 Å². The monoisotopic (exact) mass is 341 g/mol. The molecule has 1 amide bonds. The number of nitro benzene ring substituents is 1. The van der Waals surface area contributed by atoms with Gasteiger partial charge in [0.15, 0.2) is 5.82 Å². The van der Waals surface area contributed by atoms with Crippen LogP contribution in [0.5, 0.6) is 0 Å². The van der Waals surface area contributed by atoms with E-state index in [1.165, 1.54) is 31.8 Å². The topological polar surface area (TPSA) is 101 Å². The lowest BCUT2D eigenvalue weighted by Gasteiger charge is -2.29. The quantitative estimate of drug-likeness (QED) is 0.677. The molecule has 8 heteroatoms. The van der Waals surface area contributed by atoms with E-state index >= 15 is 0 Å². The molecule has 0 atom stereocenters. The van der Waals surface area contributed by atoms with Gasteiger partial charge in [-0.05, 0) is 37.5 Å². The molecule has 2 aromatic rings. The molecule has 1 aromatic carbocycles. The van der Waals surface area contributed by atoms with Crippen LogP contribution >= 0.6 is 0 Å². The van der Waals surface area contributed by atoms with E-state index in [1.54, 1.807) is 12.1 Å². The first-order valence-electron chi connectivity index (χ1n) is 8.19. The van der Waals surface area contributed by atoms with E-state index in [2.05, 4.69) is 20.2 Å². The molecule has 3 rings (SSSR count). The Kier molecular flexibility index (Phi) is 4.87. The first kappa shape index (κ1) is 16.8. The number of nitrogens with zero attached hydrogens (tertiary/aromatic N) is 4. The molecule has 0 radical (unpaired) electrons. The second-order valence-corrected chi connectivity index (χ2v) is 5.85. The molecule has 1 fully saturated rings. The van der Waals surface area contributed by atoms with E-state index in [1.807, 2.05) is 0 Å². The Labute approximate surface area is 145 Å². The average Bonchev–Trinajstić information content (AvgIpc) is 2.67. The van der Waals surface area contributed by atoms with Crippen LogP contribution in [-0.4, -0.2) is 40.9 Å². The van der Waals surface area contributed by atoms with Crippen molar-refractivity contribution < 1.29 is 9.72 Å². The van der Waals surface area contributed by atoms with Gasteiger partial charge in [0.05, 0.1) is 10.5 Å². The van der Waals surface area contributed by atoms with Crippen molar-refractivity contribution in [2.75, 3.05) is 25.0 Å². The highest BCUT2D eigenvalue weighted by Gasteiger charge is 2.21. The molecule has 1 aliphatic rings. The molecule has 0 aliphatic carbocycles. The maximum Gasteiger partial charge on any atom is 0.280 e. The van der Waals surface area contributed by atoms with Crippen LogP contribution in [0.15, 0.2) is 30.5 Å². The summed E-state index contributed by atoms with van der Waals surface area (Å²) in [6, 6.07) is 6.46. The minimum absolute atomic E-state index is 0.0742. The maximum absolute atomic E-state index is 11.8. The van der Waals surface area contributed by atoms with Crippen LogP contribution in [0.25, 0.3) is 11.4 Å². The van der Waals surface area contributed by atoms with Gasteiger partial charge in [0.1, 0.15) is 5.69 Å². The number of benzene rings is 1. The van der Waals surface area contributed by atoms with Crippen molar-refractivity contribution in [3.05, 3.63) is 46.3 Å². The van der Waals surface area contributed by atoms with Gasteiger partial charge in [-0.3, -0.25) is 14.9 Å². The van der Waals surface area contributed by atoms with Crippen molar-refractivity contribution in [2.24, 2.45) is 0 Å². The number of anilines is 1. The third-order valence-electron chi connectivity index (χ3n) is 4.25. The second kappa shape index (κ2) is 7.25. The Morgan fingerprint density at radius 2 is 2.00 bits per heavy atom. The summed E-state index contributed by atoms with van der Waals surface area (Å²) in [5, 5.41) is 13.9. The van der Waals surface area contributed by atoms with Gasteiger partial charge in [0.2, 0.25) is 0 Å². The summed E-state index contributed by atoms with van der Waals surface area (Å²) in [6.45, 7) is 1.85. The van der Waals surface area contributed by atoms with Crippen molar-refractivity contribution in [2.45, 2.75) is 19.3 Å². The van der Waals surface area contributed by atoms with Crippen molar-refractivity contribution in [3.63, 3.8) is 0 Å². The van der Waals surface area contributed by atoms with Crippen molar-refractivity contribution in [1.82, 2.24) is 15.3 Å². The Morgan fingerprint density at radius 3 is 2.68 bits per heavy atom. The molecule has 0 bridgehead atoms. The Hall–Kier alpha value is -3.03. The summed E-state index contributed by atoms with van der Waals surface area (Å²) in [5.74, 6) is -0.190. The summed E-state index contributed by atoms with van der Waals surface area (Å²) < 4.78 is 0. The number of carbonyl (C=O) groups excluding carboxylic acids is 1. The van der Waals surface area contributed by atoms with Crippen LogP contribution in [0.1, 0.15) is 29.8 Å². The van der Waals surface area contributed by atoms with E-state index in [0.717, 1.165) is 31.6 Å². The second-order valence-electron chi connectivity index (χ2n) is 5.85. The number of hydrogen-bond donors (Lipinski definition) is 1. The SMILES string of the molecule is CNC(=O)c1ccnc(-c2cc(N3CCCCC3)ccc2[N+](=O)[O-])n1. The number of amides is 1. The van der Waals surface area contributed by atoms with Crippen LogP contribution in [0.2, 0.25) is 0 Å². The molecular formula is C17H19N5O3. The van der Waals surface area contributed by atoms with Crippen LogP contribution in [-0.2, 0) is 0 Å². The number of rotatable bonds is 4. The summed E-state index contributed by atoms with van der Waals surface area (Å²) in [5.41, 5.74) is 1.33. The summed E-state index contributed by atoms with van der Waals surface area (Å²) in [7, 11) is 1.50. The number of hydrogen-bond acceptors (Lipinski definition) is 6. The molecule has 1 N–H and O–H groups in total. The highest BCUT2D eigenvalue weighted by molar-refractivity contribution is 5.92. The van der Waals surface area contributed by atoms with Gasteiger partial charge in [-0.25, -0.2) is 9.97 Å². The molecule has 130 valence electrons. The molecule has 2 heterocycles. The largest absolute Gasteiger partial charge is 0.372 e. The lowest BCUT2D eigenvalue weighted by atomic mass is 10.1. The van der Waals surface area contributed by atoms with Gasteiger partial charge < -0.3 is 10.2 Å². The molecule has 0 saturated carbocycles. The van der Waals surface area contributed by atoms with E-state index < -0.39 is 4.92 Å². The predicted octanol–water partition coefficient (Wildman–Crippen LogP) is 2.40. The first-order valence-corrected chi connectivity index (χ1v) is 8.19. The summed E-state index contributed by atoms with van der Waals surface area (Å²) in [4.78, 5) is 33.3. The molecule has 0 spiro atoms. The first-order chi connectivity index (χ1) is 12.1. The molecular weight excluding hydrogens is 322 g/mol. The Bertz CT molecular complexity index is 803. The molecule has 0 unspecified atom stereocenters. The zero-order valence-electron chi connectivity index (χ0n) is 13.9. The number of aromatic nitrogens is 2. The number of nitro groups is 1. The van der Waals surface area contributed by atoms with E-state index in [9.17, 15) is 14.9 Å². The third-order valence-corrected chi connectivity index (χ3v) is 4.25. The molecule has 1 aliphatic heterocycles. The number of carbonyl (C=O) groups is 1. The van der Waals surface area contributed by atoms with Gasteiger partial charge in [0.25, 0.3) is 11.6 Å². The highest BCUT2D eigenvalue weighted by Crippen LogP contribution is 2.32. The third kappa shape index (κ3) is 3.57. The number of nitrogens with one attached hydrogen (secondary N) is 1. The highest BCUT2D eigenvalue weighted by atomic mass is 16.6. The van der Waals surface area contributed by atoms with Gasteiger partial charge in [-0.1, -0.05) is 0 Å². The fourth-order valence-electron chi connectivity index (χ4n) is 2.95. The van der Waals surface area contributed by atoms with E-state index in [-0.39, 0.29) is 23.1 Å². The molecule has 1 aromatic heterocycles. The molecule has 25 heavy (non-hydrogen) atoms. The van der Waals surface area contributed by atoms with Crippen LogP contribution in [0, 0.1) is 10.1 Å². The van der Waals surface area contributed by atoms with Crippen LogP contribution < -0.4 is 10.2 Å². The molecule has 8 nitrogen and oxygen atoms in total. The normalized spacial score (nSPS) is 14.2. The van der Waals surface area contributed by atoms with Gasteiger partial charge in [-0.2, -0.15) is 0 Å². The van der Waals surface area contributed by atoms with Gasteiger partial charge in [-0.15, -0.1) is 0 Å². The molecule has 1 saturated heterocycles. The van der Waals surface area contributed by atoms with E-state index in [4.69, 9.17) is 0 Å². The lowest BCUT2D eigenvalue weighted by Crippen LogP contribution is -2.29. The minimum atomic E-state index is -0.453. The predicted molar refractivity (Wildman–Crippen MR) is 93.6 cm³/mol. The van der Waals surface area contributed by atoms with Crippen molar-refractivity contribution in [1.29, 1.82) is 0 Å². The standard InChI is InChI=1S/C17H19N5O3/c1-18-17(23)14-7-8-19-16(20-14)13-11-12(5-6-15(13)22(24)25)21-9-3-2-4-10-21/h5-8,11H,2-4,9-10H2,1H3,(H,18,23). The number of piperidine rings is 1. The van der Waals surface area contributed by atoms with E-state index in [0.29, 0.717) is 5.56 Å². The Balaban J connectivity index is 2.06. The maximum atomic E-state index is 11.8. The average molecular weight is 341 g/mol. The van der Waals surface area contributed by atoms with Gasteiger partial charge >= 0.3 is 0 Å². The van der Waals surface area contributed by atoms with Crippen LogP contribution in [0.3, 0.4) is 0 Å². The fourth-order valence-corrected chi connectivity index (χ4v) is 2.95. The Morgan fingerprint density at radius 1 is 1.24 bits per heavy atom. The van der Waals surface area contributed by atoms with Crippen molar-refractivity contribution >= 4 is 17.3 Å². The zero-order chi connectivity index (χ0) is 17.8. The summed E-state index contributed by atoms with van der Waals surface area (Å²) in [6.07, 6.45) is 4.85. The van der Waals surface area contributed by atoms with Gasteiger partial charge in [0, 0.05) is 38.1 Å². The smallest absolute Gasteiger partial charge is 0.280 e. The summed E-state index contributed by atoms with van der Waals surface area (Å²) >= 11 is 0. The minimum Gasteiger partial charge on any atom is -0.372 e. The lowest BCUT2D eigenvalue weighted by molar-refractivity contribution is -0.384. The fraction of sp³-hybridized carbons (Fsp3) is 0.353. The zero-order valence-corrected chi connectivity index (χ0v) is 13.9. The van der Waals surface area contributed by atoms with Crippen LogP contribution in [0.4, 0.5) is 11.4 Å².